The first-order valence-electron chi connectivity index (χ1n) is 9.22. The molecule has 3 aromatic carbocycles. The predicted molar refractivity (Wildman–Crippen MR) is 119 cm³/mol. The van der Waals surface area contributed by atoms with Crippen LogP contribution in [-0.2, 0) is 11.2 Å². The highest BCUT2D eigenvalue weighted by atomic mass is 32.2. The van der Waals surface area contributed by atoms with E-state index >= 15 is 0 Å². The number of nitrogens with zero attached hydrogens (tertiary/aromatic N) is 2. The summed E-state index contributed by atoms with van der Waals surface area (Å²) in [5.74, 6) is -0.104. The summed E-state index contributed by atoms with van der Waals surface area (Å²) < 4.78 is 0. The van der Waals surface area contributed by atoms with Gasteiger partial charge in [0.15, 0.2) is 0 Å². The first-order chi connectivity index (χ1) is 14.3. The molecular formula is C23H19N3OS2. The van der Waals surface area contributed by atoms with E-state index in [1.54, 1.807) is 0 Å². The smallest absolute Gasteiger partial charge is 0.244 e. The van der Waals surface area contributed by atoms with Crippen molar-refractivity contribution in [3.05, 3.63) is 107 Å². The zero-order valence-corrected chi connectivity index (χ0v) is 17.2. The Morgan fingerprint density at radius 1 is 0.862 bits per heavy atom. The highest BCUT2D eigenvalue weighted by Crippen LogP contribution is 2.36. The van der Waals surface area contributed by atoms with Crippen molar-refractivity contribution in [2.45, 2.75) is 16.6 Å². The van der Waals surface area contributed by atoms with Crippen LogP contribution in [0.15, 0.2) is 95.9 Å². The van der Waals surface area contributed by atoms with E-state index in [0.29, 0.717) is 11.6 Å². The minimum absolute atomic E-state index is 0.104. The highest BCUT2D eigenvalue weighted by Gasteiger charge is 2.23. The summed E-state index contributed by atoms with van der Waals surface area (Å²) in [6.07, 6.45) is 0.704. The number of carbonyl (C=O) groups is 1. The normalized spacial score (nSPS) is 11.7. The molecule has 1 atom stereocenters. The quantitative estimate of drug-likeness (QED) is 0.398. The first-order valence-corrected chi connectivity index (χ1v) is 10.9. The van der Waals surface area contributed by atoms with Gasteiger partial charge >= 0.3 is 0 Å². The van der Waals surface area contributed by atoms with E-state index in [0.717, 1.165) is 15.5 Å². The van der Waals surface area contributed by atoms with Gasteiger partial charge in [0.1, 0.15) is 10.3 Å². The molecule has 4 aromatic rings. The van der Waals surface area contributed by atoms with Crippen LogP contribution in [0.3, 0.4) is 0 Å². The summed E-state index contributed by atoms with van der Waals surface area (Å²) in [6, 6.07) is 29.8. The number of benzene rings is 3. The van der Waals surface area contributed by atoms with Gasteiger partial charge in [-0.1, -0.05) is 90.2 Å². The number of hydrogen-bond acceptors (Lipinski definition) is 5. The molecule has 0 spiro atoms. The number of nitrogens with one attached hydrogen (secondary N) is 1. The molecule has 1 amide bonds. The summed E-state index contributed by atoms with van der Waals surface area (Å²) in [6.45, 7) is 0. The van der Waals surface area contributed by atoms with Crippen molar-refractivity contribution in [3.8, 4) is 0 Å². The molecule has 4 rings (SSSR count). The van der Waals surface area contributed by atoms with Crippen LogP contribution in [0.4, 0.5) is 5.13 Å². The fourth-order valence-corrected chi connectivity index (χ4v) is 4.68. The molecule has 144 valence electrons. The fraction of sp³-hybridized carbons (Fsp3) is 0.0870. The van der Waals surface area contributed by atoms with Crippen molar-refractivity contribution in [3.63, 3.8) is 0 Å². The van der Waals surface area contributed by atoms with Gasteiger partial charge in [0, 0.05) is 11.3 Å². The van der Waals surface area contributed by atoms with E-state index < -0.39 is 0 Å². The van der Waals surface area contributed by atoms with Crippen molar-refractivity contribution < 1.29 is 4.79 Å². The van der Waals surface area contributed by atoms with Gasteiger partial charge in [-0.3, -0.25) is 10.1 Å². The maximum Gasteiger partial charge on any atom is 0.244 e. The van der Waals surface area contributed by atoms with Crippen LogP contribution in [0.2, 0.25) is 0 Å². The molecule has 1 heterocycles. The van der Waals surface area contributed by atoms with Crippen LogP contribution >= 0.6 is 23.1 Å². The Kier molecular flexibility index (Phi) is 6.34. The number of anilines is 1. The third kappa shape index (κ3) is 5.31. The van der Waals surface area contributed by atoms with Crippen LogP contribution in [0.5, 0.6) is 0 Å². The molecule has 1 unspecified atom stereocenters. The Morgan fingerprint density at radius 2 is 1.48 bits per heavy atom. The lowest BCUT2D eigenvalue weighted by Gasteiger charge is -2.16. The van der Waals surface area contributed by atoms with E-state index in [1.807, 2.05) is 78.9 Å². The number of amides is 1. The number of aromatic nitrogens is 2. The van der Waals surface area contributed by atoms with Gasteiger partial charge in [-0.25, -0.2) is 0 Å². The standard InChI is InChI=1S/C23H19N3OS2/c27-22(24-23-26-25-20(29-23)16-17-10-4-1-5-11-17)21(18-12-6-2-7-13-18)28-19-14-8-3-9-15-19/h1-15,21H,16H2,(H,24,26,27). The minimum atomic E-state index is -0.375. The van der Waals surface area contributed by atoms with Crippen LogP contribution in [0.1, 0.15) is 21.4 Å². The zero-order valence-electron chi connectivity index (χ0n) is 15.6. The zero-order chi connectivity index (χ0) is 19.9. The summed E-state index contributed by atoms with van der Waals surface area (Å²) in [4.78, 5) is 14.1. The minimum Gasteiger partial charge on any atom is -0.299 e. The second-order valence-corrected chi connectivity index (χ2v) is 8.61. The second-order valence-electron chi connectivity index (χ2n) is 6.37. The lowest BCUT2D eigenvalue weighted by atomic mass is 10.1. The van der Waals surface area contributed by atoms with Crippen LogP contribution < -0.4 is 5.32 Å². The van der Waals surface area contributed by atoms with E-state index in [9.17, 15) is 4.79 Å². The van der Waals surface area contributed by atoms with Gasteiger partial charge in [0.25, 0.3) is 0 Å². The SMILES string of the molecule is O=C(Nc1nnc(Cc2ccccc2)s1)C(Sc1ccccc1)c1ccccc1. The van der Waals surface area contributed by atoms with Crippen LogP contribution in [0, 0.1) is 0 Å². The van der Waals surface area contributed by atoms with Crippen molar-refractivity contribution in [1.82, 2.24) is 10.2 Å². The number of thioether (sulfide) groups is 1. The van der Waals surface area contributed by atoms with Crippen molar-refractivity contribution in [1.29, 1.82) is 0 Å². The lowest BCUT2D eigenvalue weighted by molar-refractivity contribution is -0.115. The van der Waals surface area contributed by atoms with Gasteiger partial charge in [-0.15, -0.1) is 22.0 Å². The Labute approximate surface area is 178 Å². The number of carbonyl (C=O) groups excluding carboxylic acids is 1. The third-order valence-corrected chi connectivity index (χ3v) is 6.34. The molecule has 0 radical (unpaired) electrons. The molecular weight excluding hydrogens is 398 g/mol. The maximum absolute atomic E-state index is 13.1. The lowest BCUT2D eigenvalue weighted by Crippen LogP contribution is -2.18. The molecule has 0 aliphatic heterocycles. The van der Waals surface area contributed by atoms with Crippen LogP contribution in [-0.4, -0.2) is 16.1 Å². The van der Waals surface area contributed by atoms with Crippen LogP contribution in [0.25, 0.3) is 0 Å². The average Bonchev–Trinajstić information content (AvgIpc) is 3.20. The summed E-state index contributed by atoms with van der Waals surface area (Å²) in [5.41, 5.74) is 2.12. The monoisotopic (exact) mass is 417 g/mol. The largest absolute Gasteiger partial charge is 0.299 e. The van der Waals surface area contributed by atoms with E-state index in [-0.39, 0.29) is 11.2 Å². The molecule has 1 aromatic heterocycles. The van der Waals surface area contributed by atoms with E-state index in [1.165, 1.54) is 28.7 Å². The van der Waals surface area contributed by atoms with Crippen molar-refractivity contribution in [2.24, 2.45) is 0 Å². The second kappa shape index (κ2) is 9.49. The number of rotatable bonds is 7. The number of hydrogen-bond donors (Lipinski definition) is 1. The molecule has 0 fully saturated rings. The topological polar surface area (TPSA) is 54.9 Å². The van der Waals surface area contributed by atoms with Gasteiger partial charge in [-0.2, -0.15) is 0 Å². The predicted octanol–water partition coefficient (Wildman–Crippen LogP) is 5.60. The Hall–Kier alpha value is -2.96. The van der Waals surface area contributed by atoms with E-state index in [4.69, 9.17) is 0 Å². The highest BCUT2D eigenvalue weighted by molar-refractivity contribution is 8.00. The Bertz CT molecular complexity index is 1050. The first kappa shape index (κ1) is 19.4. The molecule has 0 bridgehead atoms. The fourth-order valence-electron chi connectivity index (χ4n) is 2.85. The average molecular weight is 418 g/mol. The molecule has 0 saturated heterocycles. The van der Waals surface area contributed by atoms with Crippen molar-refractivity contribution >= 4 is 34.1 Å². The molecule has 0 aliphatic rings. The van der Waals surface area contributed by atoms with Gasteiger partial charge in [0.05, 0.1) is 0 Å². The van der Waals surface area contributed by atoms with Crippen molar-refractivity contribution in [2.75, 3.05) is 5.32 Å². The Morgan fingerprint density at radius 3 is 2.17 bits per heavy atom. The summed E-state index contributed by atoms with van der Waals surface area (Å²) >= 11 is 2.93. The maximum atomic E-state index is 13.1. The molecule has 1 N–H and O–H groups in total. The molecule has 6 heteroatoms. The molecule has 29 heavy (non-hydrogen) atoms. The third-order valence-electron chi connectivity index (χ3n) is 4.23. The summed E-state index contributed by atoms with van der Waals surface area (Å²) in [7, 11) is 0. The van der Waals surface area contributed by atoms with Gasteiger partial charge < -0.3 is 0 Å². The Balaban J connectivity index is 1.49. The van der Waals surface area contributed by atoms with Gasteiger partial charge in [-0.05, 0) is 23.3 Å². The van der Waals surface area contributed by atoms with E-state index in [2.05, 4.69) is 27.6 Å². The molecule has 0 aliphatic carbocycles. The summed E-state index contributed by atoms with van der Waals surface area (Å²) in [5, 5.41) is 12.4. The molecule has 0 saturated carbocycles. The van der Waals surface area contributed by atoms with Gasteiger partial charge in [0.2, 0.25) is 11.0 Å². The molecule has 4 nitrogen and oxygen atoms in total.